The van der Waals surface area contributed by atoms with E-state index < -0.39 is 10.0 Å². The third-order valence-electron chi connectivity index (χ3n) is 3.69. The summed E-state index contributed by atoms with van der Waals surface area (Å²) in [5, 5.41) is 3.40. The van der Waals surface area contributed by atoms with Crippen LogP contribution in [0.2, 0.25) is 0 Å². The lowest BCUT2D eigenvalue weighted by Gasteiger charge is -2.18. The molecule has 0 aliphatic carbocycles. The summed E-state index contributed by atoms with van der Waals surface area (Å²) in [6.07, 6.45) is 0. The van der Waals surface area contributed by atoms with Crippen LogP contribution in [0.1, 0.15) is 24.1 Å². The van der Waals surface area contributed by atoms with Crippen LogP contribution in [0.5, 0.6) is 5.75 Å². The lowest BCUT2D eigenvalue weighted by Crippen LogP contribution is -2.18. The molecule has 0 amide bonds. The Kier molecular flexibility index (Phi) is 5.28. The number of nitrogens with one attached hydrogen (secondary N) is 2. The smallest absolute Gasteiger partial charge is 0.240 e. The molecule has 2 aromatic rings. The first-order valence-electron chi connectivity index (χ1n) is 7.32. The molecule has 1 atom stereocenters. The highest BCUT2D eigenvalue weighted by Crippen LogP contribution is 2.29. The van der Waals surface area contributed by atoms with E-state index in [1.165, 1.54) is 7.05 Å². The average molecular weight is 334 g/mol. The summed E-state index contributed by atoms with van der Waals surface area (Å²) in [6, 6.07) is 12.8. The number of rotatable bonds is 6. The molecular formula is C17H22N2O3S. The molecule has 6 heteroatoms. The fourth-order valence-corrected chi connectivity index (χ4v) is 3.03. The van der Waals surface area contributed by atoms with Crippen LogP contribution in [0.25, 0.3) is 0 Å². The Labute approximate surface area is 137 Å². The monoisotopic (exact) mass is 334 g/mol. The van der Waals surface area contributed by atoms with Gasteiger partial charge in [-0.2, -0.15) is 0 Å². The average Bonchev–Trinajstić information content (AvgIpc) is 2.55. The molecule has 0 saturated carbocycles. The first kappa shape index (κ1) is 17.3. The number of benzene rings is 2. The second-order valence-electron chi connectivity index (χ2n) is 5.35. The summed E-state index contributed by atoms with van der Waals surface area (Å²) in [6.45, 7) is 4.04. The molecule has 124 valence electrons. The van der Waals surface area contributed by atoms with E-state index >= 15 is 0 Å². The van der Waals surface area contributed by atoms with Crippen molar-refractivity contribution in [1.29, 1.82) is 0 Å². The van der Waals surface area contributed by atoms with Crippen molar-refractivity contribution in [3.8, 4) is 5.75 Å². The van der Waals surface area contributed by atoms with E-state index in [4.69, 9.17) is 4.74 Å². The van der Waals surface area contributed by atoms with Crippen LogP contribution in [-0.4, -0.2) is 22.6 Å². The van der Waals surface area contributed by atoms with E-state index in [2.05, 4.69) is 10.0 Å². The maximum absolute atomic E-state index is 11.8. The van der Waals surface area contributed by atoms with Gasteiger partial charge >= 0.3 is 0 Å². The third-order valence-corrected chi connectivity index (χ3v) is 5.12. The van der Waals surface area contributed by atoms with Crippen LogP contribution in [0.4, 0.5) is 5.69 Å². The van der Waals surface area contributed by atoms with Crippen LogP contribution in [-0.2, 0) is 10.0 Å². The second kappa shape index (κ2) is 7.02. The van der Waals surface area contributed by atoms with E-state index in [0.717, 1.165) is 22.6 Å². The number of hydrogen-bond acceptors (Lipinski definition) is 4. The standard InChI is InChI=1S/C17H22N2O3S/c1-12-5-10-17(22-4)16(11-12)19-13(2)14-6-8-15(9-7-14)23(20,21)18-3/h5-11,13,18-19H,1-4H3/t13-/m1/s1. The highest BCUT2D eigenvalue weighted by molar-refractivity contribution is 7.89. The Bertz CT molecular complexity index is 771. The van der Waals surface area contributed by atoms with Crippen molar-refractivity contribution in [2.24, 2.45) is 0 Å². The van der Waals surface area contributed by atoms with Crippen molar-refractivity contribution in [2.45, 2.75) is 24.8 Å². The third kappa shape index (κ3) is 4.03. The minimum atomic E-state index is -3.41. The first-order valence-corrected chi connectivity index (χ1v) is 8.80. The highest BCUT2D eigenvalue weighted by Gasteiger charge is 2.13. The van der Waals surface area contributed by atoms with Gasteiger partial charge in [0, 0.05) is 6.04 Å². The molecule has 0 bridgehead atoms. The Morgan fingerprint density at radius 3 is 2.30 bits per heavy atom. The van der Waals surface area contributed by atoms with E-state index in [9.17, 15) is 8.42 Å². The van der Waals surface area contributed by atoms with Gasteiger partial charge in [-0.25, -0.2) is 13.1 Å². The number of hydrogen-bond donors (Lipinski definition) is 2. The maximum Gasteiger partial charge on any atom is 0.240 e. The van der Waals surface area contributed by atoms with Crippen LogP contribution in [0.3, 0.4) is 0 Å². The molecule has 0 heterocycles. The number of anilines is 1. The van der Waals surface area contributed by atoms with Gasteiger partial charge in [0.1, 0.15) is 5.75 Å². The zero-order chi connectivity index (χ0) is 17.0. The van der Waals surface area contributed by atoms with Crippen LogP contribution in [0.15, 0.2) is 47.4 Å². The minimum Gasteiger partial charge on any atom is -0.495 e. The SMILES string of the molecule is CNS(=O)(=O)c1ccc([C@@H](C)Nc2cc(C)ccc2OC)cc1. The molecule has 0 fully saturated rings. The Morgan fingerprint density at radius 1 is 1.09 bits per heavy atom. The van der Waals surface area contributed by atoms with Crippen molar-refractivity contribution in [3.05, 3.63) is 53.6 Å². The van der Waals surface area contributed by atoms with E-state index in [1.807, 2.05) is 44.2 Å². The van der Waals surface area contributed by atoms with Crippen LogP contribution >= 0.6 is 0 Å². The molecule has 23 heavy (non-hydrogen) atoms. The van der Waals surface area contributed by atoms with Crippen LogP contribution < -0.4 is 14.8 Å². The Balaban J connectivity index is 2.21. The van der Waals surface area contributed by atoms with Gasteiger partial charge in [-0.15, -0.1) is 0 Å². The second-order valence-corrected chi connectivity index (χ2v) is 7.23. The zero-order valence-corrected chi connectivity index (χ0v) is 14.6. The largest absolute Gasteiger partial charge is 0.495 e. The number of sulfonamides is 1. The number of methoxy groups -OCH3 is 1. The summed E-state index contributed by atoms with van der Waals surface area (Å²) in [7, 11) is -0.369. The molecule has 2 rings (SSSR count). The van der Waals surface area contributed by atoms with Gasteiger partial charge in [0.2, 0.25) is 10.0 Å². The summed E-state index contributed by atoms with van der Waals surface area (Å²) in [4.78, 5) is 0.254. The predicted octanol–water partition coefficient (Wildman–Crippen LogP) is 3.08. The summed E-state index contributed by atoms with van der Waals surface area (Å²) >= 11 is 0. The topological polar surface area (TPSA) is 67.4 Å². The fraction of sp³-hybridized carbons (Fsp3) is 0.294. The molecule has 0 radical (unpaired) electrons. The van der Waals surface area contributed by atoms with Gasteiger partial charge in [-0.3, -0.25) is 0 Å². The van der Waals surface area contributed by atoms with E-state index in [-0.39, 0.29) is 10.9 Å². The minimum absolute atomic E-state index is 0.0111. The molecule has 0 aliphatic heterocycles. The molecule has 2 aromatic carbocycles. The summed E-state index contributed by atoms with van der Waals surface area (Å²) in [5.74, 6) is 0.775. The van der Waals surface area contributed by atoms with Gasteiger partial charge in [-0.05, 0) is 56.3 Å². The number of aryl methyl sites for hydroxylation is 1. The van der Waals surface area contributed by atoms with Crippen molar-refractivity contribution in [3.63, 3.8) is 0 Å². The van der Waals surface area contributed by atoms with Crippen molar-refractivity contribution in [2.75, 3.05) is 19.5 Å². The van der Waals surface area contributed by atoms with Crippen molar-refractivity contribution < 1.29 is 13.2 Å². The fourth-order valence-electron chi connectivity index (χ4n) is 2.30. The molecule has 0 aromatic heterocycles. The molecule has 2 N–H and O–H groups in total. The predicted molar refractivity (Wildman–Crippen MR) is 92.5 cm³/mol. The van der Waals surface area contributed by atoms with E-state index in [1.54, 1.807) is 19.2 Å². The maximum atomic E-state index is 11.8. The van der Waals surface area contributed by atoms with E-state index in [0.29, 0.717) is 0 Å². The van der Waals surface area contributed by atoms with Gasteiger partial charge in [0.05, 0.1) is 17.7 Å². The highest BCUT2D eigenvalue weighted by atomic mass is 32.2. The lowest BCUT2D eigenvalue weighted by atomic mass is 10.1. The molecule has 0 spiro atoms. The summed E-state index contributed by atoms with van der Waals surface area (Å²) in [5.41, 5.74) is 3.03. The molecule has 0 unspecified atom stereocenters. The van der Waals surface area contributed by atoms with Gasteiger partial charge < -0.3 is 10.1 Å². The zero-order valence-electron chi connectivity index (χ0n) is 13.8. The molecule has 0 saturated heterocycles. The van der Waals surface area contributed by atoms with Gasteiger partial charge in [0.15, 0.2) is 0 Å². The van der Waals surface area contributed by atoms with Crippen LogP contribution in [0, 0.1) is 6.92 Å². The summed E-state index contributed by atoms with van der Waals surface area (Å²) < 4.78 is 31.2. The number of ether oxygens (including phenoxy) is 1. The molecular weight excluding hydrogens is 312 g/mol. The first-order chi connectivity index (χ1) is 10.9. The van der Waals surface area contributed by atoms with Crippen molar-refractivity contribution in [1.82, 2.24) is 4.72 Å². The molecule has 0 aliphatic rings. The Morgan fingerprint density at radius 2 is 1.74 bits per heavy atom. The quantitative estimate of drug-likeness (QED) is 0.852. The van der Waals surface area contributed by atoms with Gasteiger partial charge in [-0.1, -0.05) is 18.2 Å². The Hall–Kier alpha value is -2.05. The van der Waals surface area contributed by atoms with Crippen molar-refractivity contribution >= 4 is 15.7 Å². The van der Waals surface area contributed by atoms with Gasteiger partial charge in [0.25, 0.3) is 0 Å². The normalized spacial score (nSPS) is 12.7. The molecule has 5 nitrogen and oxygen atoms in total. The lowest BCUT2D eigenvalue weighted by molar-refractivity contribution is 0.416.